The summed E-state index contributed by atoms with van der Waals surface area (Å²) in [5.41, 5.74) is 5.55. The zero-order valence-electron chi connectivity index (χ0n) is 16.2. The largest absolute Gasteiger partial charge is 0.489 e. The molecule has 1 aromatic carbocycles. The highest BCUT2D eigenvalue weighted by Crippen LogP contribution is 2.57. The highest BCUT2D eigenvalue weighted by molar-refractivity contribution is 6.30. The standard InChI is InChI=1S/C21H27ClN2O5/c22-14-2-1-3-15(6-14)29-16-7-17(19(25)26)24(10-16)18(20(27)28)21(11-23)8-12-4-5-13(12)9-21/h1-3,6,12-13,16-18H,4-5,7-11,23H2,(H,25,26)(H,27,28)/t12?,13?,16-,17-,18?,21?/m0/s1. The molecule has 0 radical (unpaired) electrons. The fourth-order valence-electron chi connectivity index (χ4n) is 5.73. The number of fused-ring (bicyclic) bond motifs is 1. The molecule has 1 heterocycles. The molecule has 1 aliphatic heterocycles. The predicted molar refractivity (Wildman–Crippen MR) is 107 cm³/mol. The van der Waals surface area contributed by atoms with Crippen LogP contribution >= 0.6 is 11.6 Å². The van der Waals surface area contributed by atoms with Crippen LogP contribution in [0.1, 0.15) is 32.1 Å². The Morgan fingerprint density at radius 1 is 1.28 bits per heavy atom. The number of nitrogens with zero attached hydrogens (tertiary/aromatic N) is 1. The SMILES string of the molecule is NCC1(C(C(=O)O)N2C[C@@H](Oc3cccc(Cl)c3)C[C@H]2C(=O)O)CC2CCC2C1. The first-order valence-corrected chi connectivity index (χ1v) is 10.5. The van der Waals surface area contributed by atoms with Crippen LogP contribution in [0, 0.1) is 17.3 Å². The van der Waals surface area contributed by atoms with Gasteiger partial charge in [0.2, 0.25) is 0 Å². The lowest BCUT2D eigenvalue weighted by molar-refractivity contribution is -0.154. The van der Waals surface area contributed by atoms with Crippen molar-refractivity contribution in [2.45, 2.75) is 50.3 Å². The van der Waals surface area contributed by atoms with Gasteiger partial charge in [-0.1, -0.05) is 17.7 Å². The molecule has 0 spiro atoms. The van der Waals surface area contributed by atoms with Crippen LogP contribution in [0.3, 0.4) is 0 Å². The second-order valence-electron chi connectivity index (χ2n) is 8.80. The number of ether oxygens (including phenoxy) is 1. The van der Waals surface area contributed by atoms with Crippen molar-refractivity contribution in [3.05, 3.63) is 29.3 Å². The van der Waals surface area contributed by atoms with Crippen LogP contribution in [-0.4, -0.2) is 58.3 Å². The molecule has 8 heteroatoms. The van der Waals surface area contributed by atoms with Crippen molar-refractivity contribution in [3.8, 4) is 5.75 Å². The van der Waals surface area contributed by atoms with E-state index in [-0.39, 0.29) is 19.5 Å². The van der Waals surface area contributed by atoms with Crippen LogP contribution in [0.4, 0.5) is 0 Å². The van der Waals surface area contributed by atoms with E-state index >= 15 is 0 Å². The van der Waals surface area contributed by atoms with Gasteiger partial charge < -0.3 is 20.7 Å². The maximum atomic E-state index is 12.4. The van der Waals surface area contributed by atoms with Crippen LogP contribution in [0.2, 0.25) is 5.02 Å². The Labute approximate surface area is 174 Å². The molecule has 3 aliphatic rings. The van der Waals surface area contributed by atoms with Gasteiger partial charge in [-0.25, -0.2) is 0 Å². The number of carboxylic acid groups (broad SMARTS) is 2. The molecule has 4 N–H and O–H groups in total. The quantitative estimate of drug-likeness (QED) is 0.618. The van der Waals surface area contributed by atoms with Crippen molar-refractivity contribution < 1.29 is 24.5 Å². The van der Waals surface area contributed by atoms with E-state index in [4.69, 9.17) is 22.1 Å². The zero-order valence-corrected chi connectivity index (χ0v) is 16.9. The topological polar surface area (TPSA) is 113 Å². The fraction of sp³-hybridized carbons (Fsp3) is 0.619. The molecule has 0 bridgehead atoms. The normalized spacial score (nSPS) is 35.0. The summed E-state index contributed by atoms with van der Waals surface area (Å²) in [6, 6.07) is 5.08. The summed E-state index contributed by atoms with van der Waals surface area (Å²) in [5, 5.41) is 20.5. The average Bonchev–Trinajstić information content (AvgIpc) is 3.16. The Kier molecular flexibility index (Phi) is 5.48. The monoisotopic (exact) mass is 422 g/mol. The number of rotatable bonds is 7. The highest BCUT2D eigenvalue weighted by Gasteiger charge is 2.58. The van der Waals surface area contributed by atoms with E-state index in [9.17, 15) is 19.8 Å². The molecule has 29 heavy (non-hydrogen) atoms. The highest BCUT2D eigenvalue weighted by atomic mass is 35.5. The first-order chi connectivity index (χ1) is 13.8. The Morgan fingerprint density at radius 2 is 1.97 bits per heavy atom. The molecular weight excluding hydrogens is 396 g/mol. The second-order valence-corrected chi connectivity index (χ2v) is 9.23. The third-order valence-corrected chi connectivity index (χ3v) is 7.38. The van der Waals surface area contributed by atoms with E-state index in [1.807, 2.05) is 0 Å². The van der Waals surface area contributed by atoms with E-state index < -0.39 is 35.5 Å². The number of benzene rings is 1. The summed E-state index contributed by atoms with van der Waals surface area (Å²) in [5.74, 6) is -0.435. The molecule has 4 rings (SSSR count). The van der Waals surface area contributed by atoms with E-state index in [1.54, 1.807) is 29.2 Å². The number of carbonyl (C=O) groups is 2. The number of nitrogens with two attached hydrogens (primary N) is 1. The van der Waals surface area contributed by atoms with Crippen molar-refractivity contribution in [3.63, 3.8) is 0 Å². The third kappa shape index (κ3) is 3.71. The van der Waals surface area contributed by atoms with Gasteiger partial charge in [0.05, 0.1) is 0 Å². The van der Waals surface area contributed by atoms with Gasteiger partial charge in [-0.05, 0) is 55.7 Å². The second kappa shape index (κ2) is 7.78. The van der Waals surface area contributed by atoms with Crippen molar-refractivity contribution in [2.75, 3.05) is 13.1 Å². The van der Waals surface area contributed by atoms with Crippen LogP contribution in [0.5, 0.6) is 5.75 Å². The Bertz CT molecular complexity index is 791. The maximum Gasteiger partial charge on any atom is 0.321 e. The Balaban J connectivity index is 1.59. The first kappa shape index (κ1) is 20.4. The predicted octanol–water partition coefficient (Wildman–Crippen LogP) is 2.46. The summed E-state index contributed by atoms with van der Waals surface area (Å²) in [4.78, 5) is 26.0. The van der Waals surface area contributed by atoms with Gasteiger partial charge in [0, 0.05) is 29.9 Å². The van der Waals surface area contributed by atoms with Gasteiger partial charge in [-0.15, -0.1) is 0 Å². The van der Waals surface area contributed by atoms with Gasteiger partial charge in [0.1, 0.15) is 23.9 Å². The van der Waals surface area contributed by atoms with Crippen LogP contribution < -0.4 is 10.5 Å². The molecule has 0 amide bonds. The minimum Gasteiger partial charge on any atom is -0.489 e. The van der Waals surface area contributed by atoms with E-state index in [1.165, 1.54) is 0 Å². The lowest BCUT2D eigenvalue weighted by atomic mass is 9.76. The molecule has 7 nitrogen and oxygen atoms in total. The molecule has 5 atom stereocenters. The number of likely N-dealkylation sites (tertiary alicyclic amines) is 1. The van der Waals surface area contributed by atoms with Crippen LogP contribution in [0.15, 0.2) is 24.3 Å². The third-order valence-electron chi connectivity index (χ3n) is 7.15. The van der Waals surface area contributed by atoms with Gasteiger partial charge >= 0.3 is 11.9 Å². The molecule has 158 valence electrons. The summed E-state index contributed by atoms with van der Waals surface area (Å²) < 4.78 is 5.97. The molecule has 2 aliphatic carbocycles. The number of halogens is 1. The van der Waals surface area contributed by atoms with E-state index in [0.717, 1.165) is 25.7 Å². The smallest absolute Gasteiger partial charge is 0.321 e. The summed E-state index contributed by atoms with van der Waals surface area (Å²) in [6.07, 6.45) is 3.54. The van der Waals surface area contributed by atoms with Crippen LogP contribution in [0.25, 0.3) is 0 Å². The molecule has 1 saturated heterocycles. The lowest BCUT2D eigenvalue weighted by Gasteiger charge is -2.41. The zero-order chi connectivity index (χ0) is 20.8. The lowest BCUT2D eigenvalue weighted by Crippen LogP contribution is -2.58. The summed E-state index contributed by atoms with van der Waals surface area (Å²) >= 11 is 6.01. The minimum absolute atomic E-state index is 0.221. The van der Waals surface area contributed by atoms with Gasteiger partial charge in [0.25, 0.3) is 0 Å². The summed E-state index contributed by atoms with van der Waals surface area (Å²) in [6.45, 7) is 0.483. The maximum absolute atomic E-state index is 12.4. The fourth-order valence-corrected chi connectivity index (χ4v) is 5.91. The van der Waals surface area contributed by atoms with Crippen molar-refractivity contribution in [2.24, 2.45) is 23.0 Å². The average molecular weight is 423 g/mol. The molecule has 3 fully saturated rings. The molecule has 1 aromatic rings. The molecule has 2 saturated carbocycles. The van der Waals surface area contributed by atoms with Crippen LogP contribution in [-0.2, 0) is 9.59 Å². The number of hydrogen-bond donors (Lipinski definition) is 3. The Morgan fingerprint density at radius 3 is 2.48 bits per heavy atom. The minimum atomic E-state index is -1.03. The number of carboxylic acids is 2. The molecule has 3 unspecified atom stereocenters. The van der Waals surface area contributed by atoms with Crippen molar-refractivity contribution >= 4 is 23.5 Å². The van der Waals surface area contributed by atoms with Gasteiger partial charge in [-0.3, -0.25) is 14.5 Å². The van der Waals surface area contributed by atoms with Gasteiger partial charge in [-0.2, -0.15) is 0 Å². The van der Waals surface area contributed by atoms with E-state index in [0.29, 0.717) is 22.6 Å². The molecule has 0 aromatic heterocycles. The molecular formula is C21H27ClN2O5. The van der Waals surface area contributed by atoms with Crippen molar-refractivity contribution in [1.29, 1.82) is 0 Å². The van der Waals surface area contributed by atoms with Crippen molar-refractivity contribution in [1.82, 2.24) is 4.90 Å². The van der Waals surface area contributed by atoms with Gasteiger partial charge in [0.15, 0.2) is 0 Å². The first-order valence-electron chi connectivity index (χ1n) is 10.2. The summed E-state index contributed by atoms with van der Waals surface area (Å²) in [7, 11) is 0. The number of hydrogen-bond acceptors (Lipinski definition) is 5. The Hall–Kier alpha value is -1.83. The van der Waals surface area contributed by atoms with E-state index in [2.05, 4.69) is 0 Å². The number of aliphatic carboxylic acids is 2.